The molecule has 0 aromatic heterocycles. The first kappa shape index (κ1) is 24.8. The molecule has 31 heavy (non-hydrogen) atoms. The van der Waals surface area contributed by atoms with Crippen LogP contribution in [0.5, 0.6) is 0 Å². The Kier molecular flexibility index (Phi) is 10.5. The molecule has 1 heterocycles. The third-order valence-corrected chi connectivity index (χ3v) is 5.14. The van der Waals surface area contributed by atoms with E-state index in [-0.39, 0.29) is 36.3 Å². The lowest BCUT2D eigenvalue weighted by molar-refractivity contribution is -0.126. The number of nitrogens with one attached hydrogen (secondary N) is 3. The quantitative estimate of drug-likeness (QED) is 0.465. The van der Waals surface area contributed by atoms with Crippen LogP contribution in [0.1, 0.15) is 50.4 Å². The van der Waals surface area contributed by atoms with E-state index in [1.165, 1.54) is 0 Å². The van der Waals surface area contributed by atoms with Gasteiger partial charge >= 0.3 is 0 Å². The molecule has 0 spiro atoms. The Labute approximate surface area is 185 Å². The number of carbonyl (C=O) groups is 3. The largest absolute Gasteiger partial charge is 0.379 e. The van der Waals surface area contributed by atoms with Crippen molar-refractivity contribution >= 4 is 23.4 Å². The zero-order valence-corrected chi connectivity index (χ0v) is 18.9. The fraction of sp³-hybridized carbons (Fsp3) is 0.609. The smallest absolute Gasteiger partial charge is 0.251 e. The number of benzene rings is 1. The molecule has 1 aliphatic heterocycles. The number of hydrogen-bond acceptors (Lipinski definition) is 5. The number of piperidine rings is 1. The molecule has 0 bridgehead atoms. The normalized spacial score (nSPS) is 15.0. The Bertz CT molecular complexity index is 730. The molecule has 1 aromatic carbocycles. The molecule has 0 saturated carbocycles. The third-order valence-electron chi connectivity index (χ3n) is 5.14. The van der Waals surface area contributed by atoms with Crippen LogP contribution in [0.4, 0.5) is 5.69 Å². The van der Waals surface area contributed by atoms with Crippen molar-refractivity contribution in [1.29, 1.82) is 0 Å². The van der Waals surface area contributed by atoms with Gasteiger partial charge in [0, 0.05) is 36.9 Å². The summed E-state index contributed by atoms with van der Waals surface area (Å²) >= 11 is 0. The number of nitrogens with zero attached hydrogens (tertiary/aromatic N) is 1. The highest BCUT2D eigenvalue weighted by Crippen LogP contribution is 2.17. The molecule has 0 aliphatic carbocycles. The van der Waals surface area contributed by atoms with E-state index in [1.54, 1.807) is 24.3 Å². The number of carbonyl (C=O) groups excluding carboxylic acids is 3. The van der Waals surface area contributed by atoms with E-state index in [1.807, 2.05) is 20.8 Å². The Morgan fingerprint density at radius 1 is 1.16 bits per heavy atom. The Morgan fingerprint density at radius 2 is 1.90 bits per heavy atom. The van der Waals surface area contributed by atoms with Crippen LogP contribution in [0.2, 0.25) is 0 Å². The molecule has 3 N–H and O–H groups in total. The molecule has 0 radical (unpaired) electrons. The molecule has 172 valence electrons. The topological polar surface area (TPSA) is 99.8 Å². The van der Waals surface area contributed by atoms with E-state index >= 15 is 0 Å². The summed E-state index contributed by atoms with van der Waals surface area (Å²) in [7, 11) is 0. The van der Waals surface area contributed by atoms with Gasteiger partial charge in [-0.2, -0.15) is 0 Å². The van der Waals surface area contributed by atoms with Crippen molar-refractivity contribution in [3.63, 3.8) is 0 Å². The maximum atomic E-state index is 12.4. The maximum Gasteiger partial charge on any atom is 0.251 e. The molecule has 1 fully saturated rings. The summed E-state index contributed by atoms with van der Waals surface area (Å²) < 4.78 is 5.48. The minimum Gasteiger partial charge on any atom is -0.379 e. The fourth-order valence-electron chi connectivity index (χ4n) is 3.50. The first-order valence-electron chi connectivity index (χ1n) is 11.2. The lowest BCUT2D eigenvalue weighted by Gasteiger charge is -2.30. The molecule has 0 unspecified atom stereocenters. The van der Waals surface area contributed by atoms with Crippen molar-refractivity contribution in [1.82, 2.24) is 15.5 Å². The lowest BCUT2D eigenvalue weighted by atomic mass is 9.96. The molecular weight excluding hydrogens is 396 g/mol. The molecule has 0 atom stereocenters. The molecule has 1 aromatic rings. The van der Waals surface area contributed by atoms with Gasteiger partial charge in [-0.25, -0.2) is 0 Å². The zero-order chi connectivity index (χ0) is 22.6. The van der Waals surface area contributed by atoms with E-state index < -0.39 is 0 Å². The van der Waals surface area contributed by atoms with Gasteiger partial charge in [0.05, 0.1) is 12.6 Å². The molecule has 3 amide bonds. The standard InChI is InChI=1S/C23H36N4O4/c1-4-24-23(30)19-7-5-8-20(15-19)26-21(28)16-27-12-9-18(10-13-27)22(29)25-11-6-14-31-17(2)3/h5,7-8,15,17-18H,4,6,9-14,16H2,1-3H3,(H,24,30)(H,25,29)(H,26,28). The number of amides is 3. The molecule has 8 heteroatoms. The SMILES string of the molecule is CCNC(=O)c1cccc(NC(=O)CN2CCC(C(=O)NCCCOC(C)C)CC2)c1. The monoisotopic (exact) mass is 432 g/mol. The third kappa shape index (κ3) is 9.06. The van der Waals surface area contributed by atoms with Crippen LogP contribution in [0.15, 0.2) is 24.3 Å². The van der Waals surface area contributed by atoms with Gasteiger partial charge in [-0.15, -0.1) is 0 Å². The average molecular weight is 433 g/mol. The van der Waals surface area contributed by atoms with Crippen LogP contribution in [0.25, 0.3) is 0 Å². The highest BCUT2D eigenvalue weighted by atomic mass is 16.5. The van der Waals surface area contributed by atoms with Crippen molar-refractivity contribution in [3.05, 3.63) is 29.8 Å². The summed E-state index contributed by atoms with van der Waals surface area (Å²) in [5, 5.41) is 8.59. The van der Waals surface area contributed by atoms with Crippen molar-refractivity contribution in [2.24, 2.45) is 5.92 Å². The van der Waals surface area contributed by atoms with Gasteiger partial charge in [-0.3, -0.25) is 19.3 Å². The average Bonchev–Trinajstić information content (AvgIpc) is 2.74. The molecule has 2 rings (SSSR count). The van der Waals surface area contributed by atoms with Gasteiger partial charge in [0.2, 0.25) is 11.8 Å². The molecule has 1 saturated heterocycles. The summed E-state index contributed by atoms with van der Waals surface area (Å²) in [5.74, 6) is -0.192. The van der Waals surface area contributed by atoms with Crippen molar-refractivity contribution < 1.29 is 19.1 Å². The highest BCUT2D eigenvalue weighted by Gasteiger charge is 2.25. The van der Waals surface area contributed by atoms with Gasteiger partial charge in [0.15, 0.2) is 0 Å². The summed E-state index contributed by atoms with van der Waals surface area (Å²) in [5.41, 5.74) is 1.12. The predicted molar refractivity (Wildman–Crippen MR) is 121 cm³/mol. The van der Waals surface area contributed by atoms with Gasteiger partial charge in [0.25, 0.3) is 5.91 Å². The minimum atomic E-state index is -0.161. The summed E-state index contributed by atoms with van der Waals surface area (Å²) in [4.78, 5) is 38.7. The first-order chi connectivity index (χ1) is 14.9. The molecular formula is C23H36N4O4. The van der Waals surface area contributed by atoms with Gasteiger partial charge in [-0.1, -0.05) is 6.07 Å². The fourth-order valence-corrected chi connectivity index (χ4v) is 3.50. The van der Waals surface area contributed by atoms with Crippen molar-refractivity contribution in [2.75, 3.05) is 44.6 Å². The first-order valence-corrected chi connectivity index (χ1v) is 11.2. The number of anilines is 1. The van der Waals surface area contributed by atoms with E-state index in [2.05, 4.69) is 20.9 Å². The summed E-state index contributed by atoms with van der Waals surface area (Å²) in [6.07, 6.45) is 2.51. The molecule has 8 nitrogen and oxygen atoms in total. The van der Waals surface area contributed by atoms with Crippen LogP contribution in [0.3, 0.4) is 0 Å². The van der Waals surface area contributed by atoms with E-state index in [9.17, 15) is 14.4 Å². The van der Waals surface area contributed by atoms with Crippen LogP contribution in [0, 0.1) is 5.92 Å². The van der Waals surface area contributed by atoms with E-state index in [0.29, 0.717) is 44.0 Å². The van der Waals surface area contributed by atoms with Crippen LogP contribution in [-0.2, 0) is 14.3 Å². The van der Waals surface area contributed by atoms with Crippen LogP contribution < -0.4 is 16.0 Å². The Hall–Kier alpha value is -2.45. The summed E-state index contributed by atoms with van der Waals surface area (Å²) in [6, 6.07) is 6.90. The second-order valence-electron chi connectivity index (χ2n) is 8.10. The lowest BCUT2D eigenvalue weighted by Crippen LogP contribution is -2.43. The Balaban J connectivity index is 1.69. The van der Waals surface area contributed by atoms with E-state index in [4.69, 9.17) is 4.74 Å². The number of rotatable bonds is 11. The predicted octanol–water partition coefficient (Wildman–Crippen LogP) is 2.02. The second kappa shape index (κ2) is 13.1. The number of likely N-dealkylation sites (tertiary alicyclic amines) is 1. The van der Waals surface area contributed by atoms with Crippen LogP contribution in [-0.4, -0.2) is 68.1 Å². The summed E-state index contributed by atoms with van der Waals surface area (Å²) in [6.45, 7) is 9.37. The second-order valence-corrected chi connectivity index (χ2v) is 8.10. The zero-order valence-electron chi connectivity index (χ0n) is 18.9. The van der Waals surface area contributed by atoms with Crippen LogP contribution >= 0.6 is 0 Å². The van der Waals surface area contributed by atoms with Gasteiger partial charge < -0.3 is 20.7 Å². The van der Waals surface area contributed by atoms with Crippen molar-refractivity contribution in [2.45, 2.75) is 46.1 Å². The number of ether oxygens (including phenoxy) is 1. The van der Waals surface area contributed by atoms with Gasteiger partial charge in [-0.05, 0) is 71.3 Å². The van der Waals surface area contributed by atoms with Crippen molar-refractivity contribution in [3.8, 4) is 0 Å². The molecule has 1 aliphatic rings. The number of hydrogen-bond donors (Lipinski definition) is 3. The highest BCUT2D eigenvalue weighted by molar-refractivity contribution is 5.97. The Morgan fingerprint density at radius 3 is 2.58 bits per heavy atom. The maximum absolute atomic E-state index is 12.4. The van der Waals surface area contributed by atoms with E-state index in [0.717, 1.165) is 19.3 Å². The van der Waals surface area contributed by atoms with Gasteiger partial charge in [0.1, 0.15) is 0 Å². The minimum absolute atomic E-state index is 0.000845.